The normalized spacial score (nSPS) is 13.6. The van der Waals surface area contributed by atoms with E-state index in [-0.39, 0.29) is 11.7 Å². The minimum Gasteiger partial charge on any atom is -0.319 e. The fourth-order valence-electron chi connectivity index (χ4n) is 1.78. The number of hydrogen-bond donors (Lipinski definition) is 1. The van der Waals surface area contributed by atoms with E-state index >= 15 is 0 Å². The van der Waals surface area contributed by atoms with Crippen molar-refractivity contribution in [1.29, 1.82) is 0 Å². The highest BCUT2D eigenvalue weighted by Gasteiger charge is 2.15. The Hall–Kier alpha value is -0.390. The van der Waals surface area contributed by atoms with Gasteiger partial charge in [-0.3, -0.25) is 0 Å². The summed E-state index contributed by atoms with van der Waals surface area (Å²) in [7, 11) is -1.02. The molecule has 0 heterocycles. The molecular weight excluding hydrogens is 302 g/mol. The molecule has 0 saturated heterocycles. The average Bonchev–Trinajstić information content (AvgIpc) is 2.24. The summed E-state index contributed by atoms with van der Waals surface area (Å²) < 4.78 is 23.5. The van der Waals surface area contributed by atoms with Crippen LogP contribution in [0.15, 0.2) is 28.7 Å². The fraction of sp³-hybridized carbons (Fsp3) is 0.500. The van der Waals surface area contributed by atoms with Gasteiger partial charge in [0.2, 0.25) is 0 Å². The molecule has 0 aliphatic carbocycles. The lowest BCUT2D eigenvalue weighted by atomic mass is 9.96. The Labute approximate surface area is 112 Å². The molecule has 96 valence electrons. The lowest BCUT2D eigenvalue weighted by molar-refractivity contribution is 0.578. The van der Waals surface area contributed by atoms with E-state index in [1.54, 1.807) is 0 Å². The second-order valence-corrected chi connectivity index (χ2v) is 7.31. The van der Waals surface area contributed by atoms with Crippen LogP contribution in [-0.2, 0) is 9.84 Å². The largest absolute Gasteiger partial charge is 0.319 e. The summed E-state index contributed by atoms with van der Waals surface area (Å²) >= 11 is 3.51. The Kier molecular flexibility index (Phi) is 5.62. The van der Waals surface area contributed by atoms with E-state index in [2.05, 4.69) is 21.2 Å². The molecule has 1 atom stereocenters. The molecule has 0 spiro atoms. The van der Waals surface area contributed by atoms with E-state index in [9.17, 15) is 8.42 Å². The topological polar surface area (TPSA) is 46.2 Å². The molecule has 1 aromatic rings. The summed E-state index contributed by atoms with van der Waals surface area (Å²) in [6, 6.07) is 7.95. The summed E-state index contributed by atoms with van der Waals surface area (Å²) in [5, 5.41) is 3.11. The molecular formula is C12H18BrNO2S. The van der Waals surface area contributed by atoms with Crippen molar-refractivity contribution < 1.29 is 8.42 Å². The summed E-state index contributed by atoms with van der Waals surface area (Å²) in [5.74, 6) is 0.436. The summed E-state index contributed by atoms with van der Waals surface area (Å²) in [5.41, 5.74) is 1.16. The molecule has 0 aromatic heterocycles. The van der Waals surface area contributed by atoms with E-state index in [0.29, 0.717) is 6.42 Å². The maximum atomic E-state index is 11.2. The maximum Gasteiger partial charge on any atom is 0.147 e. The smallest absolute Gasteiger partial charge is 0.147 e. The van der Waals surface area contributed by atoms with E-state index in [4.69, 9.17) is 0 Å². The zero-order chi connectivity index (χ0) is 12.9. The van der Waals surface area contributed by atoms with Crippen molar-refractivity contribution in [3.8, 4) is 0 Å². The van der Waals surface area contributed by atoms with Crippen LogP contribution in [0.25, 0.3) is 0 Å². The average molecular weight is 320 g/mol. The fourth-order valence-corrected chi connectivity index (χ4v) is 3.10. The van der Waals surface area contributed by atoms with Gasteiger partial charge in [-0.15, -0.1) is 0 Å². The van der Waals surface area contributed by atoms with Crippen molar-refractivity contribution in [1.82, 2.24) is 5.32 Å². The van der Waals surface area contributed by atoms with Crippen LogP contribution in [0.3, 0.4) is 0 Å². The number of likely N-dealkylation sites (N-methyl/N-ethyl adjacent to an activating group) is 1. The van der Waals surface area contributed by atoms with Gasteiger partial charge < -0.3 is 5.32 Å². The molecule has 1 unspecified atom stereocenters. The molecule has 5 heteroatoms. The Bertz CT molecular complexity index is 459. The molecule has 0 aliphatic heterocycles. The van der Waals surface area contributed by atoms with Crippen LogP contribution in [0, 0.1) is 0 Å². The van der Waals surface area contributed by atoms with Crippen molar-refractivity contribution in [3.63, 3.8) is 0 Å². The van der Waals surface area contributed by atoms with Gasteiger partial charge >= 0.3 is 0 Å². The van der Waals surface area contributed by atoms with Gasteiger partial charge in [0, 0.05) is 17.3 Å². The van der Waals surface area contributed by atoms with Crippen molar-refractivity contribution in [3.05, 3.63) is 34.3 Å². The number of nitrogens with one attached hydrogen (secondary N) is 1. The first-order valence-electron chi connectivity index (χ1n) is 5.51. The molecule has 0 saturated carbocycles. The first-order chi connectivity index (χ1) is 7.94. The maximum absolute atomic E-state index is 11.2. The van der Waals surface area contributed by atoms with Gasteiger partial charge in [0.1, 0.15) is 9.84 Å². The minimum atomic E-state index is -2.90. The van der Waals surface area contributed by atoms with Gasteiger partial charge in [0.25, 0.3) is 0 Å². The van der Waals surface area contributed by atoms with Gasteiger partial charge in [-0.05, 0) is 31.0 Å². The van der Waals surface area contributed by atoms with Crippen LogP contribution in [-0.4, -0.2) is 34.0 Å². The molecule has 0 amide bonds. The zero-order valence-electron chi connectivity index (χ0n) is 10.1. The summed E-state index contributed by atoms with van der Waals surface area (Å²) in [6.07, 6.45) is 1.92. The Balaban J connectivity index is 2.82. The number of hydrogen-bond acceptors (Lipinski definition) is 3. The van der Waals surface area contributed by atoms with Gasteiger partial charge in [-0.1, -0.05) is 34.1 Å². The summed E-state index contributed by atoms with van der Waals surface area (Å²) in [4.78, 5) is 0. The number of benzene rings is 1. The van der Waals surface area contributed by atoms with E-state index < -0.39 is 9.84 Å². The molecule has 1 aromatic carbocycles. The van der Waals surface area contributed by atoms with Crippen LogP contribution >= 0.6 is 15.9 Å². The highest BCUT2D eigenvalue weighted by molar-refractivity contribution is 9.10. The van der Waals surface area contributed by atoms with Crippen molar-refractivity contribution in [2.75, 3.05) is 25.6 Å². The Morgan fingerprint density at radius 2 is 2.00 bits per heavy atom. The van der Waals surface area contributed by atoms with E-state index in [0.717, 1.165) is 16.6 Å². The standard InChI is InChI=1S/C12H18BrNO2S/c1-14-9-10(7-8-17(2,15)16)11-5-3-4-6-12(11)13/h3-6,10,14H,7-9H2,1-2H3. The third-order valence-electron chi connectivity index (χ3n) is 2.63. The van der Waals surface area contributed by atoms with Crippen molar-refractivity contribution in [2.24, 2.45) is 0 Å². The van der Waals surface area contributed by atoms with Crippen LogP contribution < -0.4 is 5.32 Å². The van der Waals surface area contributed by atoms with Gasteiger partial charge in [0.05, 0.1) is 5.75 Å². The van der Waals surface area contributed by atoms with Crippen LogP contribution in [0.4, 0.5) is 0 Å². The lowest BCUT2D eigenvalue weighted by Gasteiger charge is -2.18. The van der Waals surface area contributed by atoms with Gasteiger partial charge in [0.15, 0.2) is 0 Å². The lowest BCUT2D eigenvalue weighted by Crippen LogP contribution is -2.20. The number of halogens is 1. The molecule has 0 fully saturated rings. The predicted molar refractivity (Wildman–Crippen MR) is 75.1 cm³/mol. The monoisotopic (exact) mass is 319 g/mol. The molecule has 0 bridgehead atoms. The molecule has 0 aliphatic rings. The first-order valence-corrected chi connectivity index (χ1v) is 8.36. The highest BCUT2D eigenvalue weighted by Crippen LogP contribution is 2.27. The second-order valence-electron chi connectivity index (χ2n) is 4.19. The van der Waals surface area contributed by atoms with E-state index in [1.807, 2.05) is 31.3 Å². The van der Waals surface area contributed by atoms with Crippen molar-refractivity contribution in [2.45, 2.75) is 12.3 Å². The number of sulfone groups is 1. The van der Waals surface area contributed by atoms with Crippen LogP contribution in [0.2, 0.25) is 0 Å². The second kappa shape index (κ2) is 6.52. The quantitative estimate of drug-likeness (QED) is 0.874. The molecule has 17 heavy (non-hydrogen) atoms. The third kappa shape index (κ3) is 5.19. The molecule has 0 radical (unpaired) electrons. The minimum absolute atomic E-state index is 0.213. The molecule has 1 N–H and O–H groups in total. The van der Waals surface area contributed by atoms with Crippen LogP contribution in [0.1, 0.15) is 17.9 Å². The van der Waals surface area contributed by atoms with E-state index in [1.165, 1.54) is 6.26 Å². The Morgan fingerprint density at radius 3 is 2.53 bits per heavy atom. The first kappa shape index (κ1) is 14.7. The summed E-state index contributed by atoms with van der Waals surface area (Å²) in [6.45, 7) is 0.776. The van der Waals surface area contributed by atoms with Gasteiger partial charge in [-0.25, -0.2) is 8.42 Å². The predicted octanol–water partition coefficient (Wildman–Crippen LogP) is 2.19. The van der Waals surface area contributed by atoms with Crippen LogP contribution in [0.5, 0.6) is 0 Å². The molecule has 1 rings (SSSR count). The molecule has 3 nitrogen and oxygen atoms in total. The third-order valence-corrected chi connectivity index (χ3v) is 4.33. The van der Waals surface area contributed by atoms with Gasteiger partial charge in [-0.2, -0.15) is 0 Å². The number of rotatable bonds is 6. The highest BCUT2D eigenvalue weighted by atomic mass is 79.9. The Morgan fingerprint density at radius 1 is 1.35 bits per heavy atom. The van der Waals surface area contributed by atoms with Crippen molar-refractivity contribution >= 4 is 25.8 Å². The SMILES string of the molecule is CNCC(CCS(C)(=O)=O)c1ccccc1Br. The zero-order valence-corrected chi connectivity index (χ0v) is 12.5.